The number of nitrogens with one attached hydrogen (secondary N) is 1. The second-order valence-corrected chi connectivity index (χ2v) is 6.88. The molecule has 7 nitrogen and oxygen atoms in total. The van der Waals surface area contributed by atoms with Gasteiger partial charge in [-0.1, -0.05) is 24.3 Å². The summed E-state index contributed by atoms with van der Waals surface area (Å²) in [5.74, 6) is -1.66. The Morgan fingerprint density at radius 3 is 2.76 bits per heavy atom. The van der Waals surface area contributed by atoms with Gasteiger partial charge in [0.2, 0.25) is 5.88 Å². The molecule has 2 aromatic rings. The summed E-state index contributed by atoms with van der Waals surface area (Å²) >= 11 is 0. The number of rotatable bonds is 4. The molecule has 0 saturated carbocycles. The van der Waals surface area contributed by atoms with Crippen molar-refractivity contribution >= 4 is 16.9 Å². The zero-order valence-electron chi connectivity index (χ0n) is 16.5. The van der Waals surface area contributed by atoms with E-state index in [2.05, 4.69) is 11.6 Å². The van der Waals surface area contributed by atoms with Crippen LogP contribution in [0.15, 0.2) is 58.4 Å². The quantitative estimate of drug-likeness (QED) is 0.611. The van der Waals surface area contributed by atoms with E-state index in [1.165, 1.54) is 6.08 Å². The highest BCUT2D eigenvalue weighted by Gasteiger charge is 2.37. The highest BCUT2D eigenvalue weighted by atomic mass is 16.5. The lowest BCUT2D eigenvalue weighted by Crippen LogP contribution is -2.29. The number of aryl methyl sites for hydroxylation is 2. The molecule has 1 aromatic carbocycles. The molecule has 1 aliphatic rings. The van der Waals surface area contributed by atoms with Crippen LogP contribution in [0.3, 0.4) is 0 Å². The van der Waals surface area contributed by atoms with E-state index in [1.54, 1.807) is 13.0 Å². The number of pyridine rings is 1. The minimum atomic E-state index is -1.000. The van der Waals surface area contributed by atoms with Crippen LogP contribution in [0.5, 0.6) is 0 Å². The van der Waals surface area contributed by atoms with Gasteiger partial charge in [0.25, 0.3) is 5.56 Å². The third-order valence-electron chi connectivity index (χ3n) is 4.79. The van der Waals surface area contributed by atoms with Gasteiger partial charge in [-0.2, -0.15) is 5.26 Å². The fourth-order valence-corrected chi connectivity index (χ4v) is 3.59. The van der Waals surface area contributed by atoms with Gasteiger partial charge in [0, 0.05) is 5.56 Å². The van der Waals surface area contributed by atoms with E-state index in [9.17, 15) is 14.9 Å². The third-order valence-corrected chi connectivity index (χ3v) is 4.79. The van der Waals surface area contributed by atoms with Crippen LogP contribution < -0.4 is 11.3 Å². The van der Waals surface area contributed by atoms with Crippen molar-refractivity contribution in [1.82, 2.24) is 4.98 Å². The van der Waals surface area contributed by atoms with E-state index in [0.717, 1.165) is 16.5 Å². The molecule has 7 heteroatoms. The zero-order chi connectivity index (χ0) is 21.3. The van der Waals surface area contributed by atoms with Crippen LogP contribution in [-0.2, 0) is 14.3 Å². The van der Waals surface area contributed by atoms with Crippen molar-refractivity contribution in [3.63, 3.8) is 0 Å². The van der Waals surface area contributed by atoms with Gasteiger partial charge in [0.15, 0.2) is 0 Å². The third kappa shape index (κ3) is 3.52. The first-order chi connectivity index (χ1) is 13.8. The second kappa shape index (κ2) is 7.68. The van der Waals surface area contributed by atoms with Gasteiger partial charge in [-0.3, -0.25) is 4.79 Å². The summed E-state index contributed by atoms with van der Waals surface area (Å²) in [6.07, 6.45) is 1.43. The van der Waals surface area contributed by atoms with Crippen molar-refractivity contribution in [3.05, 3.63) is 80.7 Å². The number of esters is 1. The normalized spacial score (nSPS) is 16.4. The van der Waals surface area contributed by atoms with Gasteiger partial charge in [-0.05, 0) is 43.9 Å². The van der Waals surface area contributed by atoms with E-state index in [-0.39, 0.29) is 35.0 Å². The summed E-state index contributed by atoms with van der Waals surface area (Å²) in [5, 5.41) is 10.5. The predicted octanol–water partition coefficient (Wildman–Crippen LogP) is 2.96. The number of ether oxygens (including phenoxy) is 2. The van der Waals surface area contributed by atoms with E-state index >= 15 is 0 Å². The minimum absolute atomic E-state index is 0.0180. The maximum absolute atomic E-state index is 13.0. The fraction of sp³-hybridized carbons (Fsp3) is 0.227. The summed E-state index contributed by atoms with van der Waals surface area (Å²) in [4.78, 5) is 28.5. The lowest BCUT2D eigenvalue weighted by atomic mass is 9.83. The first-order valence-corrected chi connectivity index (χ1v) is 8.99. The molecule has 3 N–H and O–H groups in total. The Kier molecular flexibility index (Phi) is 5.29. The molecular weight excluding hydrogens is 370 g/mol. The first-order valence-electron chi connectivity index (χ1n) is 8.99. The molecule has 0 radical (unpaired) electrons. The van der Waals surface area contributed by atoms with Crippen LogP contribution in [0.2, 0.25) is 0 Å². The number of hydrogen-bond acceptors (Lipinski definition) is 6. The molecule has 0 bridgehead atoms. The smallest absolute Gasteiger partial charge is 0.338 e. The Morgan fingerprint density at radius 2 is 2.10 bits per heavy atom. The van der Waals surface area contributed by atoms with Gasteiger partial charge in [-0.25, -0.2) is 4.79 Å². The minimum Gasteiger partial charge on any atom is -0.458 e. The SMILES string of the molecule is C=CCOC(=O)C1=C(C)OC(N)=C(C#N)C1c1cc2cc(C)cc(C)c2[nH]c1=O. The number of aromatic nitrogens is 1. The highest BCUT2D eigenvalue weighted by Crippen LogP contribution is 2.39. The van der Waals surface area contributed by atoms with Gasteiger partial charge in [0.05, 0.1) is 17.0 Å². The number of benzene rings is 1. The van der Waals surface area contributed by atoms with Crippen LogP contribution >= 0.6 is 0 Å². The Labute approximate surface area is 167 Å². The van der Waals surface area contributed by atoms with E-state index in [1.807, 2.05) is 32.0 Å². The van der Waals surface area contributed by atoms with Crippen molar-refractivity contribution in [2.45, 2.75) is 26.7 Å². The van der Waals surface area contributed by atoms with Crippen molar-refractivity contribution in [2.24, 2.45) is 5.73 Å². The lowest BCUT2D eigenvalue weighted by Gasteiger charge is -2.26. The fourth-order valence-electron chi connectivity index (χ4n) is 3.59. The number of nitrogens with zero attached hydrogens (tertiary/aromatic N) is 1. The molecule has 3 rings (SSSR count). The van der Waals surface area contributed by atoms with Gasteiger partial charge < -0.3 is 20.2 Å². The number of carbonyl (C=O) groups excluding carboxylic acids is 1. The zero-order valence-corrected chi connectivity index (χ0v) is 16.5. The van der Waals surface area contributed by atoms with Crippen molar-refractivity contribution in [3.8, 4) is 6.07 Å². The number of nitriles is 1. The molecule has 0 spiro atoms. The topological polar surface area (TPSA) is 118 Å². The summed E-state index contributed by atoms with van der Waals surface area (Å²) in [5.41, 5.74) is 8.38. The van der Waals surface area contributed by atoms with Crippen molar-refractivity contribution in [1.29, 1.82) is 5.26 Å². The van der Waals surface area contributed by atoms with Crippen LogP contribution in [0.4, 0.5) is 0 Å². The predicted molar refractivity (Wildman–Crippen MR) is 109 cm³/mol. The van der Waals surface area contributed by atoms with Crippen LogP contribution in [-0.4, -0.2) is 17.6 Å². The summed E-state index contributed by atoms with van der Waals surface area (Å²) in [6, 6.07) is 7.55. The second-order valence-electron chi connectivity index (χ2n) is 6.88. The average Bonchev–Trinajstić information content (AvgIpc) is 2.65. The Morgan fingerprint density at radius 1 is 1.38 bits per heavy atom. The molecule has 1 aliphatic heterocycles. The summed E-state index contributed by atoms with van der Waals surface area (Å²) in [7, 11) is 0. The van der Waals surface area contributed by atoms with E-state index in [4.69, 9.17) is 15.2 Å². The van der Waals surface area contributed by atoms with Crippen molar-refractivity contribution < 1.29 is 14.3 Å². The Hall–Kier alpha value is -3.79. The van der Waals surface area contributed by atoms with Gasteiger partial charge in [-0.15, -0.1) is 0 Å². The molecule has 1 atom stereocenters. The van der Waals surface area contributed by atoms with E-state index < -0.39 is 17.4 Å². The molecule has 0 saturated heterocycles. The monoisotopic (exact) mass is 391 g/mol. The number of hydrogen-bond donors (Lipinski definition) is 2. The maximum Gasteiger partial charge on any atom is 0.338 e. The van der Waals surface area contributed by atoms with E-state index in [0.29, 0.717) is 5.52 Å². The molecular formula is C22H21N3O4. The maximum atomic E-state index is 13.0. The Bertz CT molecular complexity index is 1190. The average molecular weight is 391 g/mol. The van der Waals surface area contributed by atoms with Crippen LogP contribution in [0.1, 0.15) is 29.5 Å². The molecule has 0 aliphatic carbocycles. The number of aromatic amines is 1. The number of fused-ring (bicyclic) bond motifs is 1. The standard InChI is InChI=1S/C22H21N3O4/c1-5-6-28-22(27)17-13(4)29-20(24)16(10-23)18(17)15-9-14-8-11(2)7-12(3)19(14)25-21(15)26/h5,7-9,18H,1,6,24H2,2-4H3,(H,25,26). The first kappa shape index (κ1) is 20.0. The summed E-state index contributed by atoms with van der Waals surface area (Å²) in [6.45, 7) is 8.90. The highest BCUT2D eigenvalue weighted by molar-refractivity contribution is 5.93. The molecule has 0 amide bonds. The van der Waals surface area contributed by atoms with Gasteiger partial charge >= 0.3 is 5.97 Å². The molecule has 1 aromatic heterocycles. The molecule has 148 valence electrons. The largest absolute Gasteiger partial charge is 0.458 e. The lowest BCUT2D eigenvalue weighted by molar-refractivity contribution is -0.138. The Balaban J connectivity index is 2.28. The van der Waals surface area contributed by atoms with Crippen LogP contribution in [0, 0.1) is 25.2 Å². The molecule has 2 heterocycles. The number of nitrogens with two attached hydrogens (primary N) is 1. The van der Waals surface area contributed by atoms with Gasteiger partial charge in [0.1, 0.15) is 24.0 Å². The molecule has 29 heavy (non-hydrogen) atoms. The molecule has 1 unspecified atom stereocenters. The van der Waals surface area contributed by atoms with Crippen molar-refractivity contribution in [2.75, 3.05) is 6.61 Å². The van der Waals surface area contributed by atoms with Crippen LogP contribution in [0.25, 0.3) is 10.9 Å². The molecule has 0 fully saturated rings. The number of H-pyrrole nitrogens is 1. The number of carbonyl (C=O) groups is 1. The number of allylic oxidation sites excluding steroid dienone is 2. The summed E-state index contributed by atoms with van der Waals surface area (Å²) < 4.78 is 10.6.